The summed E-state index contributed by atoms with van der Waals surface area (Å²) in [6.07, 6.45) is 8.13. The quantitative estimate of drug-likeness (QED) is 0.869. The lowest BCUT2D eigenvalue weighted by molar-refractivity contribution is -0.134. The first-order valence-electron chi connectivity index (χ1n) is 9.67. The Morgan fingerprint density at radius 2 is 2.16 bits per heavy atom. The molecule has 2 unspecified atom stereocenters. The summed E-state index contributed by atoms with van der Waals surface area (Å²) in [5.41, 5.74) is 1.18. The van der Waals surface area contributed by atoms with E-state index in [0.29, 0.717) is 13.0 Å². The van der Waals surface area contributed by atoms with Crippen molar-refractivity contribution in [1.29, 1.82) is 0 Å². The molecule has 2 amide bonds. The molecule has 0 spiro atoms. The SMILES string of the molecule is CCCC1CCc2nc(NC(=O)C3CCCN(C(=O)CC)C3)sc2C1. The molecule has 25 heavy (non-hydrogen) atoms. The van der Waals surface area contributed by atoms with Crippen LogP contribution in [0, 0.1) is 11.8 Å². The van der Waals surface area contributed by atoms with Gasteiger partial charge in [-0.3, -0.25) is 9.59 Å². The fourth-order valence-electron chi connectivity index (χ4n) is 4.00. The van der Waals surface area contributed by atoms with Gasteiger partial charge < -0.3 is 10.2 Å². The number of likely N-dealkylation sites (tertiary alicyclic amines) is 1. The molecular formula is C19H29N3O2S. The summed E-state index contributed by atoms with van der Waals surface area (Å²) < 4.78 is 0. The predicted octanol–water partition coefficient (Wildman–Crippen LogP) is 3.64. The molecule has 1 aliphatic carbocycles. The van der Waals surface area contributed by atoms with E-state index < -0.39 is 0 Å². The van der Waals surface area contributed by atoms with E-state index in [1.807, 2.05) is 11.8 Å². The van der Waals surface area contributed by atoms with Crippen molar-refractivity contribution in [3.8, 4) is 0 Å². The number of nitrogens with one attached hydrogen (secondary N) is 1. The molecule has 1 saturated heterocycles. The minimum Gasteiger partial charge on any atom is -0.342 e. The summed E-state index contributed by atoms with van der Waals surface area (Å²) in [4.78, 5) is 32.4. The summed E-state index contributed by atoms with van der Waals surface area (Å²) in [5.74, 6) is 0.820. The van der Waals surface area contributed by atoms with Crippen molar-refractivity contribution >= 4 is 28.3 Å². The average molecular weight is 364 g/mol. The Morgan fingerprint density at radius 3 is 2.92 bits per heavy atom. The first-order valence-corrected chi connectivity index (χ1v) is 10.5. The second-order valence-electron chi connectivity index (χ2n) is 7.31. The number of nitrogens with zero attached hydrogens (tertiary/aromatic N) is 2. The number of aromatic nitrogens is 1. The molecule has 1 aromatic heterocycles. The molecule has 0 aromatic carbocycles. The molecular weight excluding hydrogens is 334 g/mol. The Balaban J connectivity index is 1.59. The van der Waals surface area contributed by atoms with Gasteiger partial charge in [-0.2, -0.15) is 0 Å². The Hall–Kier alpha value is -1.43. The van der Waals surface area contributed by atoms with Gasteiger partial charge >= 0.3 is 0 Å². The van der Waals surface area contributed by atoms with Crippen molar-refractivity contribution in [1.82, 2.24) is 9.88 Å². The smallest absolute Gasteiger partial charge is 0.231 e. The monoisotopic (exact) mass is 363 g/mol. The van der Waals surface area contributed by atoms with Crippen LogP contribution in [-0.4, -0.2) is 34.8 Å². The van der Waals surface area contributed by atoms with E-state index in [9.17, 15) is 9.59 Å². The summed E-state index contributed by atoms with van der Waals surface area (Å²) in [5, 5.41) is 3.77. The zero-order valence-corrected chi connectivity index (χ0v) is 16.2. The van der Waals surface area contributed by atoms with Gasteiger partial charge in [0, 0.05) is 24.4 Å². The highest BCUT2D eigenvalue weighted by atomic mass is 32.1. The van der Waals surface area contributed by atoms with Crippen LogP contribution in [0.2, 0.25) is 0 Å². The van der Waals surface area contributed by atoms with E-state index in [4.69, 9.17) is 0 Å². The summed E-state index contributed by atoms with van der Waals surface area (Å²) >= 11 is 1.65. The van der Waals surface area contributed by atoms with E-state index in [-0.39, 0.29) is 17.7 Å². The number of thiazole rings is 1. The Morgan fingerprint density at radius 1 is 1.32 bits per heavy atom. The van der Waals surface area contributed by atoms with Crippen LogP contribution in [0.1, 0.15) is 62.9 Å². The molecule has 138 valence electrons. The number of fused-ring (bicyclic) bond motifs is 1. The Bertz CT molecular complexity index is 628. The fraction of sp³-hybridized carbons (Fsp3) is 0.737. The average Bonchev–Trinajstić information content (AvgIpc) is 3.03. The molecule has 2 heterocycles. The maximum Gasteiger partial charge on any atom is 0.231 e. The van der Waals surface area contributed by atoms with Crippen molar-refractivity contribution in [2.75, 3.05) is 18.4 Å². The molecule has 6 heteroatoms. The molecule has 1 N–H and O–H groups in total. The highest BCUT2D eigenvalue weighted by Crippen LogP contribution is 2.34. The highest BCUT2D eigenvalue weighted by Gasteiger charge is 2.29. The Labute approximate surface area is 154 Å². The van der Waals surface area contributed by atoms with Gasteiger partial charge in [-0.1, -0.05) is 26.7 Å². The van der Waals surface area contributed by atoms with E-state index in [0.717, 1.165) is 43.3 Å². The summed E-state index contributed by atoms with van der Waals surface area (Å²) in [6.45, 7) is 5.44. The second kappa shape index (κ2) is 8.30. The summed E-state index contributed by atoms with van der Waals surface area (Å²) in [7, 11) is 0. The van der Waals surface area contributed by atoms with Crippen LogP contribution in [0.4, 0.5) is 5.13 Å². The van der Waals surface area contributed by atoms with Crippen LogP contribution in [-0.2, 0) is 22.4 Å². The van der Waals surface area contributed by atoms with Crippen molar-refractivity contribution in [2.45, 2.75) is 65.2 Å². The van der Waals surface area contributed by atoms with Crippen LogP contribution >= 0.6 is 11.3 Å². The maximum atomic E-state index is 12.6. The number of carbonyl (C=O) groups excluding carboxylic acids is 2. The van der Waals surface area contributed by atoms with Crippen molar-refractivity contribution < 1.29 is 9.59 Å². The number of rotatable bonds is 5. The molecule has 0 radical (unpaired) electrons. The molecule has 1 aliphatic heterocycles. The van der Waals surface area contributed by atoms with Gasteiger partial charge in [-0.25, -0.2) is 4.98 Å². The summed E-state index contributed by atoms with van der Waals surface area (Å²) in [6, 6.07) is 0. The van der Waals surface area contributed by atoms with Crippen LogP contribution < -0.4 is 5.32 Å². The number of anilines is 1. The van der Waals surface area contributed by atoms with Crippen LogP contribution in [0.15, 0.2) is 0 Å². The number of amides is 2. The van der Waals surface area contributed by atoms with Gasteiger partial charge in [0.05, 0.1) is 11.6 Å². The lowest BCUT2D eigenvalue weighted by Crippen LogP contribution is -2.43. The highest BCUT2D eigenvalue weighted by molar-refractivity contribution is 7.15. The molecule has 2 atom stereocenters. The third-order valence-corrected chi connectivity index (χ3v) is 6.45. The van der Waals surface area contributed by atoms with E-state index >= 15 is 0 Å². The molecule has 1 fully saturated rings. The van der Waals surface area contributed by atoms with Gasteiger partial charge in [0.2, 0.25) is 11.8 Å². The van der Waals surface area contributed by atoms with E-state index in [1.54, 1.807) is 11.3 Å². The molecule has 1 aromatic rings. The van der Waals surface area contributed by atoms with Crippen molar-refractivity contribution in [2.24, 2.45) is 11.8 Å². The molecule has 2 aliphatic rings. The van der Waals surface area contributed by atoms with E-state index in [2.05, 4.69) is 17.2 Å². The number of hydrogen-bond acceptors (Lipinski definition) is 4. The molecule has 3 rings (SSSR count). The third-order valence-electron chi connectivity index (χ3n) is 5.42. The predicted molar refractivity (Wildman–Crippen MR) is 101 cm³/mol. The number of piperidine rings is 1. The van der Waals surface area contributed by atoms with Crippen molar-refractivity contribution in [3.05, 3.63) is 10.6 Å². The first kappa shape index (κ1) is 18.4. The zero-order valence-electron chi connectivity index (χ0n) is 15.3. The molecule has 0 bridgehead atoms. The van der Waals surface area contributed by atoms with Gasteiger partial charge in [0.1, 0.15) is 0 Å². The largest absolute Gasteiger partial charge is 0.342 e. The third kappa shape index (κ3) is 4.40. The molecule has 5 nitrogen and oxygen atoms in total. The maximum absolute atomic E-state index is 12.6. The van der Waals surface area contributed by atoms with Crippen molar-refractivity contribution in [3.63, 3.8) is 0 Å². The van der Waals surface area contributed by atoms with E-state index in [1.165, 1.54) is 29.8 Å². The first-order chi connectivity index (χ1) is 12.1. The second-order valence-corrected chi connectivity index (χ2v) is 8.39. The number of carbonyl (C=O) groups is 2. The standard InChI is InChI=1S/C19H29N3O2S/c1-3-6-13-8-9-15-16(11-13)25-19(20-15)21-18(24)14-7-5-10-22(12-14)17(23)4-2/h13-14H,3-12H2,1-2H3,(H,20,21,24). The van der Waals surface area contributed by atoms with Crippen LogP contribution in [0.25, 0.3) is 0 Å². The Kier molecular flexibility index (Phi) is 6.10. The lowest BCUT2D eigenvalue weighted by atomic mass is 9.88. The van der Waals surface area contributed by atoms with Gasteiger partial charge in [-0.05, 0) is 38.0 Å². The lowest BCUT2D eigenvalue weighted by Gasteiger charge is -2.31. The van der Waals surface area contributed by atoms with Gasteiger partial charge in [0.25, 0.3) is 0 Å². The normalized spacial score (nSPS) is 23.2. The zero-order chi connectivity index (χ0) is 17.8. The minimum atomic E-state index is -0.113. The van der Waals surface area contributed by atoms with Crippen LogP contribution in [0.3, 0.4) is 0 Å². The minimum absolute atomic E-state index is 0.0183. The van der Waals surface area contributed by atoms with Crippen LogP contribution in [0.5, 0.6) is 0 Å². The number of hydrogen-bond donors (Lipinski definition) is 1. The van der Waals surface area contributed by atoms with Gasteiger partial charge in [-0.15, -0.1) is 11.3 Å². The topological polar surface area (TPSA) is 62.3 Å². The fourth-order valence-corrected chi connectivity index (χ4v) is 5.13. The molecule has 0 saturated carbocycles. The number of aryl methyl sites for hydroxylation is 1. The van der Waals surface area contributed by atoms with Gasteiger partial charge in [0.15, 0.2) is 5.13 Å².